The van der Waals surface area contributed by atoms with Crippen LogP contribution in [0.25, 0.3) is 0 Å². The van der Waals surface area contributed by atoms with Gasteiger partial charge < -0.3 is 14.4 Å². The van der Waals surface area contributed by atoms with E-state index in [1.807, 2.05) is 6.07 Å². The van der Waals surface area contributed by atoms with Crippen LogP contribution in [-0.2, 0) is 17.6 Å². The number of hydrogen-bond acceptors (Lipinski definition) is 4. The van der Waals surface area contributed by atoms with Gasteiger partial charge in [0.25, 0.3) is 11.7 Å². The van der Waals surface area contributed by atoms with Crippen molar-refractivity contribution in [2.45, 2.75) is 50.9 Å². The van der Waals surface area contributed by atoms with Crippen LogP contribution in [0.1, 0.15) is 53.6 Å². The number of likely N-dealkylation sites (N-methyl/N-ethyl adjacent to an activating group) is 1. The molecule has 0 spiro atoms. The predicted octanol–water partition coefficient (Wildman–Crippen LogP) is 5.27. The van der Waals surface area contributed by atoms with Gasteiger partial charge in [-0.3, -0.25) is 9.59 Å². The number of benzene rings is 2. The minimum absolute atomic E-state index is 0.0409. The Hall–Kier alpha value is -3.03. The maximum absolute atomic E-state index is 13.8. The second-order valence-corrected chi connectivity index (χ2v) is 7.86. The maximum atomic E-state index is 13.8. The fraction of sp³-hybridized carbons (Fsp3) is 0.417. The molecule has 3 rings (SSSR count). The third-order valence-electron chi connectivity index (χ3n) is 5.73. The van der Waals surface area contributed by atoms with Crippen molar-refractivity contribution >= 4 is 11.7 Å². The number of ketones is 1. The second-order valence-electron chi connectivity index (χ2n) is 7.86. The SMILES string of the molecule is COc1cc(C(F)(F)F)c(C(=O)C(=O)N(C)C2CCCCC2)cc1OCc1ccccc1. The molecule has 0 saturated heterocycles. The number of ether oxygens (including phenoxy) is 2. The fourth-order valence-corrected chi connectivity index (χ4v) is 3.90. The summed E-state index contributed by atoms with van der Waals surface area (Å²) in [6, 6.07) is 10.5. The monoisotopic (exact) mass is 449 g/mol. The molecule has 0 aliphatic heterocycles. The summed E-state index contributed by atoms with van der Waals surface area (Å²) in [6.45, 7) is 0.0616. The first-order chi connectivity index (χ1) is 15.2. The van der Waals surface area contributed by atoms with E-state index in [1.54, 1.807) is 24.3 Å². The Morgan fingerprint density at radius 1 is 1.03 bits per heavy atom. The first-order valence-corrected chi connectivity index (χ1v) is 10.5. The molecule has 0 atom stereocenters. The van der Waals surface area contributed by atoms with Gasteiger partial charge in [-0.2, -0.15) is 13.2 Å². The van der Waals surface area contributed by atoms with Crippen molar-refractivity contribution in [3.63, 3.8) is 0 Å². The summed E-state index contributed by atoms with van der Waals surface area (Å²) in [5, 5.41) is 0. The number of amides is 1. The van der Waals surface area contributed by atoms with Crippen molar-refractivity contribution in [1.29, 1.82) is 0 Å². The molecule has 5 nitrogen and oxygen atoms in total. The topological polar surface area (TPSA) is 55.8 Å². The van der Waals surface area contributed by atoms with Gasteiger partial charge in [-0.25, -0.2) is 0 Å². The van der Waals surface area contributed by atoms with Crippen molar-refractivity contribution in [2.75, 3.05) is 14.2 Å². The Balaban J connectivity index is 1.94. The lowest BCUT2D eigenvalue weighted by Crippen LogP contribution is -2.42. The van der Waals surface area contributed by atoms with Crippen LogP contribution in [0.5, 0.6) is 11.5 Å². The molecule has 2 aromatic rings. The molecule has 1 fully saturated rings. The molecule has 1 amide bonds. The summed E-state index contributed by atoms with van der Waals surface area (Å²) >= 11 is 0. The Morgan fingerprint density at radius 3 is 2.28 bits per heavy atom. The average molecular weight is 449 g/mol. The van der Waals surface area contributed by atoms with Crippen molar-refractivity contribution in [2.24, 2.45) is 0 Å². The summed E-state index contributed by atoms with van der Waals surface area (Å²) in [4.78, 5) is 27.0. The number of hydrogen-bond donors (Lipinski definition) is 0. The van der Waals surface area contributed by atoms with Gasteiger partial charge in [-0.15, -0.1) is 0 Å². The van der Waals surface area contributed by atoms with E-state index in [0.717, 1.165) is 43.7 Å². The molecule has 0 radical (unpaired) electrons. The molecule has 8 heteroatoms. The van der Waals surface area contributed by atoms with Crippen LogP contribution < -0.4 is 9.47 Å². The third-order valence-corrected chi connectivity index (χ3v) is 5.73. The molecule has 172 valence electrons. The van der Waals surface area contributed by atoms with E-state index < -0.39 is 29.0 Å². The van der Waals surface area contributed by atoms with Crippen LogP contribution >= 0.6 is 0 Å². The first kappa shape index (κ1) is 23.6. The number of rotatable bonds is 7. The predicted molar refractivity (Wildman–Crippen MR) is 113 cm³/mol. The third kappa shape index (κ3) is 5.41. The molecule has 1 aliphatic rings. The Kier molecular flexibility index (Phi) is 7.43. The van der Waals surface area contributed by atoms with Gasteiger partial charge in [0, 0.05) is 18.7 Å². The number of alkyl halides is 3. The van der Waals surface area contributed by atoms with Crippen LogP contribution in [0.15, 0.2) is 42.5 Å². The minimum atomic E-state index is -4.85. The molecule has 1 aliphatic carbocycles. The van der Waals surface area contributed by atoms with E-state index in [0.29, 0.717) is 6.07 Å². The maximum Gasteiger partial charge on any atom is 0.417 e. The highest BCUT2D eigenvalue weighted by molar-refractivity contribution is 6.43. The highest BCUT2D eigenvalue weighted by Crippen LogP contribution is 2.40. The number of halogens is 3. The molecule has 0 N–H and O–H groups in total. The van der Waals surface area contributed by atoms with Gasteiger partial charge in [-0.1, -0.05) is 49.6 Å². The van der Waals surface area contributed by atoms with E-state index in [2.05, 4.69) is 0 Å². The van der Waals surface area contributed by atoms with Gasteiger partial charge in [-0.05, 0) is 30.5 Å². The molecule has 2 aromatic carbocycles. The highest BCUT2D eigenvalue weighted by Gasteiger charge is 2.39. The van der Waals surface area contributed by atoms with Gasteiger partial charge in [0.2, 0.25) is 0 Å². The first-order valence-electron chi connectivity index (χ1n) is 10.5. The zero-order valence-electron chi connectivity index (χ0n) is 18.1. The van der Waals surface area contributed by atoms with Gasteiger partial charge in [0.05, 0.1) is 12.7 Å². The van der Waals surface area contributed by atoms with E-state index >= 15 is 0 Å². The molecule has 0 unspecified atom stereocenters. The summed E-state index contributed by atoms with van der Waals surface area (Å²) in [5.41, 5.74) is -1.18. The number of methoxy groups -OCH3 is 1. The second kappa shape index (κ2) is 10.1. The summed E-state index contributed by atoms with van der Waals surface area (Å²) < 4.78 is 52.0. The average Bonchev–Trinajstić information content (AvgIpc) is 2.81. The van der Waals surface area contributed by atoms with Gasteiger partial charge in [0.15, 0.2) is 11.5 Å². The van der Waals surface area contributed by atoms with E-state index in [4.69, 9.17) is 9.47 Å². The van der Waals surface area contributed by atoms with Crippen LogP contribution in [-0.4, -0.2) is 36.8 Å². The normalized spacial score (nSPS) is 14.7. The van der Waals surface area contributed by atoms with E-state index in [1.165, 1.54) is 19.1 Å². The zero-order valence-corrected chi connectivity index (χ0v) is 18.1. The minimum Gasteiger partial charge on any atom is -0.493 e. The molecular formula is C24H26F3NO4. The Morgan fingerprint density at radius 2 is 1.69 bits per heavy atom. The standard InChI is InChI=1S/C24H26F3NO4/c1-28(17-11-7-4-8-12-17)23(30)22(29)18-13-21(32-15-16-9-5-3-6-10-16)20(31-2)14-19(18)24(25,26)27/h3,5-6,9-10,13-14,17H,4,7-8,11-12,15H2,1-2H3. The van der Waals surface area contributed by atoms with Crippen LogP contribution in [0, 0.1) is 0 Å². The van der Waals surface area contributed by atoms with E-state index in [-0.39, 0.29) is 24.1 Å². The Bertz CT molecular complexity index is 954. The van der Waals surface area contributed by atoms with Crippen LogP contribution in [0.3, 0.4) is 0 Å². The molecule has 0 bridgehead atoms. The molecular weight excluding hydrogens is 423 g/mol. The number of Topliss-reactive ketones (excluding diaryl/α,β-unsaturated/α-hetero) is 1. The quantitative estimate of drug-likeness (QED) is 0.427. The van der Waals surface area contributed by atoms with E-state index in [9.17, 15) is 22.8 Å². The summed E-state index contributed by atoms with van der Waals surface area (Å²) in [7, 11) is 2.69. The lowest BCUT2D eigenvalue weighted by atomic mass is 9.93. The largest absolute Gasteiger partial charge is 0.493 e. The van der Waals surface area contributed by atoms with Crippen LogP contribution in [0.2, 0.25) is 0 Å². The lowest BCUT2D eigenvalue weighted by molar-refractivity contribution is -0.138. The van der Waals surface area contributed by atoms with Crippen molar-refractivity contribution in [3.8, 4) is 11.5 Å². The van der Waals surface area contributed by atoms with Gasteiger partial charge >= 0.3 is 6.18 Å². The number of carbonyl (C=O) groups is 2. The van der Waals surface area contributed by atoms with Crippen molar-refractivity contribution in [1.82, 2.24) is 4.90 Å². The molecule has 1 saturated carbocycles. The van der Waals surface area contributed by atoms with Crippen molar-refractivity contribution < 1.29 is 32.2 Å². The smallest absolute Gasteiger partial charge is 0.417 e. The molecule has 32 heavy (non-hydrogen) atoms. The molecule has 0 aromatic heterocycles. The fourth-order valence-electron chi connectivity index (χ4n) is 3.90. The summed E-state index contributed by atoms with van der Waals surface area (Å²) in [6.07, 6.45) is -0.495. The number of carbonyl (C=O) groups excluding carboxylic acids is 2. The van der Waals surface area contributed by atoms with Crippen molar-refractivity contribution in [3.05, 3.63) is 59.2 Å². The van der Waals surface area contributed by atoms with Gasteiger partial charge in [0.1, 0.15) is 6.61 Å². The number of nitrogens with zero attached hydrogens (tertiary/aromatic N) is 1. The van der Waals surface area contributed by atoms with Crippen LogP contribution in [0.4, 0.5) is 13.2 Å². The highest BCUT2D eigenvalue weighted by atomic mass is 19.4. The summed E-state index contributed by atoms with van der Waals surface area (Å²) in [5.74, 6) is -2.38. The lowest BCUT2D eigenvalue weighted by Gasteiger charge is -2.31. The molecule has 0 heterocycles. The zero-order chi connectivity index (χ0) is 23.3. The Labute approximate surface area is 185 Å².